The molecule has 0 bridgehead atoms. The Kier molecular flexibility index (Phi) is 6.18. The lowest BCUT2D eigenvalue weighted by molar-refractivity contribution is 0.0773. The van der Waals surface area contributed by atoms with Crippen molar-refractivity contribution in [3.63, 3.8) is 0 Å². The van der Waals surface area contributed by atoms with Crippen LogP contribution in [0, 0.1) is 5.92 Å². The quantitative estimate of drug-likeness (QED) is 0.837. The Bertz CT molecular complexity index is 413. The minimum Gasteiger partial charge on any atom is -0.381 e. The van der Waals surface area contributed by atoms with Gasteiger partial charge in [-0.15, -0.1) is 0 Å². The van der Waals surface area contributed by atoms with E-state index < -0.39 is 0 Å². The average Bonchev–Trinajstić information content (AvgIpc) is 2.95. The van der Waals surface area contributed by atoms with Crippen LogP contribution in [0.2, 0.25) is 0 Å². The Balaban J connectivity index is 2.08. The van der Waals surface area contributed by atoms with Gasteiger partial charge in [0.05, 0.1) is 12.5 Å². The molecular weight excluding hydrogens is 266 g/mol. The van der Waals surface area contributed by atoms with Gasteiger partial charge in [0.25, 0.3) is 0 Å². The lowest BCUT2D eigenvalue weighted by atomic mass is 9.89. The highest BCUT2D eigenvalue weighted by molar-refractivity contribution is 5.03. The lowest BCUT2D eigenvalue weighted by Crippen LogP contribution is -2.35. The Morgan fingerprint density at radius 2 is 2.14 bits per heavy atom. The highest BCUT2D eigenvalue weighted by Gasteiger charge is 2.30. The van der Waals surface area contributed by atoms with Gasteiger partial charge in [0, 0.05) is 18.6 Å². The van der Waals surface area contributed by atoms with Crippen LogP contribution in [0.5, 0.6) is 0 Å². The second kappa shape index (κ2) is 7.90. The molecule has 1 fully saturated rings. The number of hydrogen-bond donors (Lipinski definition) is 1. The van der Waals surface area contributed by atoms with Gasteiger partial charge in [-0.05, 0) is 38.6 Å². The highest BCUT2D eigenvalue weighted by Crippen LogP contribution is 2.29. The lowest BCUT2D eigenvalue weighted by Gasteiger charge is -2.25. The smallest absolute Gasteiger partial charge is 0.231 e. The minimum atomic E-state index is 0.252. The van der Waals surface area contributed by atoms with Crippen LogP contribution in [0.4, 0.5) is 0 Å². The standard InChI is InChI=1S/C16H29N3O2/c1-5-8-17-12(4)14(11(2)3)16-18-15(19-21-16)13-7-6-9-20-10-13/h11-14,17H,5-10H2,1-4H3. The Labute approximate surface area is 127 Å². The van der Waals surface area contributed by atoms with E-state index in [9.17, 15) is 0 Å². The first-order chi connectivity index (χ1) is 10.1. The van der Waals surface area contributed by atoms with Crippen LogP contribution in [0.3, 0.4) is 0 Å². The third-order valence-corrected chi connectivity index (χ3v) is 4.24. The van der Waals surface area contributed by atoms with Gasteiger partial charge in [0.15, 0.2) is 5.82 Å². The summed E-state index contributed by atoms with van der Waals surface area (Å²) in [5.41, 5.74) is 0. The molecule has 1 aromatic heterocycles. The van der Waals surface area contributed by atoms with Crippen LogP contribution < -0.4 is 5.32 Å². The third-order valence-electron chi connectivity index (χ3n) is 4.24. The zero-order chi connectivity index (χ0) is 15.2. The Morgan fingerprint density at radius 1 is 1.33 bits per heavy atom. The summed E-state index contributed by atoms with van der Waals surface area (Å²) in [5.74, 6) is 2.59. The van der Waals surface area contributed by atoms with Crippen molar-refractivity contribution in [2.75, 3.05) is 19.8 Å². The molecule has 3 atom stereocenters. The van der Waals surface area contributed by atoms with Gasteiger partial charge in [-0.2, -0.15) is 4.98 Å². The van der Waals surface area contributed by atoms with Crippen LogP contribution >= 0.6 is 0 Å². The summed E-state index contributed by atoms with van der Waals surface area (Å²) in [6.45, 7) is 11.4. The van der Waals surface area contributed by atoms with Gasteiger partial charge in [-0.1, -0.05) is 25.9 Å². The van der Waals surface area contributed by atoms with E-state index in [0.29, 0.717) is 17.9 Å². The summed E-state index contributed by atoms with van der Waals surface area (Å²) in [6, 6.07) is 0.334. The van der Waals surface area contributed by atoms with Gasteiger partial charge in [0.2, 0.25) is 5.89 Å². The van der Waals surface area contributed by atoms with Crippen molar-refractivity contribution in [1.29, 1.82) is 0 Å². The van der Waals surface area contributed by atoms with Crippen molar-refractivity contribution in [2.45, 2.75) is 64.8 Å². The van der Waals surface area contributed by atoms with E-state index in [0.717, 1.165) is 50.7 Å². The van der Waals surface area contributed by atoms with Crippen molar-refractivity contribution in [3.8, 4) is 0 Å². The molecule has 1 aliphatic rings. The second-order valence-electron chi connectivity index (χ2n) is 6.42. The van der Waals surface area contributed by atoms with Crippen molar-refractivity contribution >= 4 is 0 Å². The molecule has 120 valence electrons. The van der Waals surface area contributed by atoms with Crippen LogP contribution in [-0.4, -0.2) is 35.9 Å². The molecule has 0 saturated carbocycles. The fourth-order valence-electron chi connectivity index (χ4n) is 3.07. The molecular formula is C16H29N3O2. The van der Waals surface area contributed by atoms with E-state index >= 15 is 0 Å². The number of nitrogens with zero attached hydrogens (tertiary/aromatic N) is 2. The van der Waals surface area contributed by atoms with Crippen molar-refractivity contribution in [2.24, 2.45) is 5.92 Å². The highest BCUT2D eigenvalue weighted by atomic mass is 16.5. The van der Waals surface area contributed by atoms with Crippen LogP contribution in [0.1, 0.15) is 70.5 Å². The fraction of sp³-hybridized carbons (Fsp3) is 0.875. The maximum atomic E-state index is 5.59. The van der Waals surface area contributed by atoms with Gasteiger partial charge < -0.3 is 14.6 Å². The topological polar surface area (TPSA) is 60.2 Å². The van der Waals surface area contributed by atoms with E-state index in [1.807, 2.05) is 0 Å². The molecule has 5 nitrogen and oxygen atoms in total. The van der Waals surface area contributed by atoms with Gasteiger partial charge in [-0.3, -0.25) is 0 Å². The zero-order valence-electron chi connectivity index (χ0n) is 13.8. The summed E-state index contributed by atoms with van der Waals surface area (Å²) in [6.07, 6.45) is 3.30. The van der Waals surface area contributed by atoms with Crippen LogP contribution in [0.25, 0.3) is 0 Å². The first kappa shape index (κ1) is 16.4. The largest absolute Gasteiger partial charge is 0.381 e. The molecule has 2 heterocycles. The summed E-state index contributed by atoms with van der Waals surface area (Å²) in [4.78, 5) is 4.69. The monoisotopic (exact) mass is 295 g/mol. The summed E-state index contributed by atoms with van der Waals surface area (Å²) >= 11 is 0. The Morgan fingerprint density at radius 3 is 2.76 bits per heavy atom. The van der Waals surface area contributed by atoms with Gasteiger partial charge in [0.1, 0.15) is 0 Å². The molecule has 1 N–H and O–H groups in total. The molecule has 0 aromatic carbocycles. The molecule has 0 amide bonds. The van der Waals surface area contributed by atoms with E-state index in [4.69, 9.17) is 9.26 Å². The zero-order valence-corrected chi connectivity index (χ0v) is 13.8. The SMILES string of the molecule is CCCNC(C)C(c1nc(C2CCCOC2)no1)C(C)C. The molecule has 2 rings (SSSR count). The van der Waals surface area contributed by atoms with E-state index in [2.05, 4.69) is 43.2 Å². The summed E-state index contributed by atoms with van der Waals surface area (Å²) < 4.78 is 11.1. The van der Waals surface area contributed by atoms with Crippen molar-refractivity contribution in [1.82, 2.24) is 15.5 Å². The fourth-order valence-corrected chi connectivity index (χ4v) is 3.07. The first-order valence-electron chi connectivity index (χ1n) is 8.28. The maximum Gasteiger partial charge on any atom is 0.231 e. The Hall–Kier alpha value is -0.940. The molecule has 0 spiro atoms. The minimum absolute atomic E-state index is 0.252. The second-order valence-corrected chi connectivity index (χ2v) is 6.42. The molecule has 1 aromatic rings. The van der Waals surface area contributed by atoms with E-state index in [1.165, 1.54) is 0 Å². The third kappa shape index (κ3) is 4.27. The van der Waals surface area contributed by atoms with Gasteiger partial charge in [-0.25, -0.2) is 0 Å². The number of rotatable bonds is 7. The number of nitrogens with one attached hydrogen (secondary N) is 1. The van der Waals surface area contributed by atoms with Crippen LogP contribution in [0.15, 0.2) is 4.52 Å². The van der Waals surface area contributed by atoms with E-state index in [-0.39, 0.29) is 5.92 Å². The first-order valence-corrected chi connectivity index (χ1v) is 8.28. The normalized spacial score (nSPS) is 22.4. The van der Waals surface area contributed by atoms with Crippen LogP contribution in [-0.2, 0) is 4.74 Å². The molecule has 1 aliphatic heterocycles. The number of ether oxygens (including phenoxy) is 1. The van der Waals surface area contributed by atoms with Crippen molar-refractivity contribution < 1.29 is 9.26 Å². The van der Waals surface area contributed by atoms with E-state index in [1.54, 1.807) is 0 Å². The van der Waals surface area contributed by atoms with Crippen molar-refractivity contribution in [3.05, 3.63) is 11.7 Å². The maximum absolute atomic E-state index is 5.59. The molecule has 5 heteroatoms. The predicted octanol–water partition coefficient (Wildman–Crippen LogP) is 3.09. The molecule has 0 radical (unpaired) electrons. The van der Waals surface area contributed by atoms with Gasteiger partial charge >= 0.3 is 0 Å². The molecule has 21 heavy (non-hydrogen) atoms. The number of hydrogen-bond acceptors (Lipinski definition) is 5. The number of aromatic nitrogens is 2. The average molecular weight is 295 g/mol. The summed E-state index contributed by atoms with van der Waals surface area (Å²) in [5, 5.41) is 7.76. The molecule has 0 aliphatic carbocycles. The molecule has 3 unspecified atom stereocenters. The molecule has 1 saturated heterocycles. The summed E-state index contributed by atoms with van der Waals surface area (Å²) in [7, 11) is 0. The predicted molar refractivity (Wildman–Crippen MR) is 82.4 cm³/mol.